The zero-order valence-electron chi connectivity index (χ0n) is 14.5. The van der Waals surface area contributed by atoms with Gasteiger partial charge in [-0.15, -0.1) is 0 Å². The summed E-state index contributed by atoms with van der Waals surface area (Å²) >= 11 is 3.38. The number of benzene rings is 1. The fraction of sp³-hybridized carbons (Fsp3) is 0.556. The molecule has 0 aromatic heterocycles. The summed E-state index contributed by atoms with van der Waals surface area (Å²) in [5.41, 5.74) is 0.194. The van der Waals surface area contributed by atoms with Gasteiger partial charge in [-0.2, -0.15) is 0 Å². The van der Waals surface area contributed by atoms with Gasteiger partial charge >= 0.3 is 6.09 Å². The predicted molar refractivity (Wildman–Crippen MR) is 97.0 cm³/mol. The Morgan fingerprint density at radius 1 is 1.29 bits per heavy atom. The molecule has 5 nitrogen and oxygen atoms in total. The number of alkyl carbamates (subject to hydrolysis) is 1. The highest BCUT2D eigenvalue weighted by molar-refractivity contribution is 9.10. The lowest BCUT2D eigenvalue weighted by molar-refractivity contribution is 0.0502. The first-order chi connectivity index (χ1) is 11.2. The fourth-order valence-corrected chi connectivity index (χ4v) is 3.00. The molecule has 6 heteroatoms. The number of carbonyl (C=O) groups is 2. The van der Waals surface area contributed by atoms with Crippen LogP contribution in [-0.4, -0.2) is 42.1 Å². The number of piperidine rings is 1. The van der Waals surface area contributed by atoms with E-state index in [1.807, 2.05) is 49.9 Å². The SMILES string of the molecule is CC(C)(C)OC(=O)NC[C@H]1CCCN(C(=O)c2ccc(Br)cc2)C1. The van der Waals surface area contributed by atoms with E-state index in [2.05, 4.69) is 21.2 Å². The van der Waals surface area contributed by atoms with Crippen LogP contribution in [0.3, 0.4) is 0 Å². The number of nitrogens with one attached hydrogen (secondary N) is 1. The Labute approximate surface area is 151 Å². The van der Waals surface area contributed by atoms with Gasteiger partial charge in [0, 0.05) is 29.7 Å². The van der Waals surface area contributed by atoms with Gasteiger partial charge in [-0.1, -0.05) is 15.9 Å². The lowest BCUT2D eigenvalue weighted by Crippen LogP contribution is -2.44. The second-order valence-electron chi connectivity index (χ2n) is 7.15. The molecule has 0 saturated carbocycles. The Hall–Kier alpha value is -1.56. The van der Waals surface area contributed by atoms with Gasteiger partial charge < -0.3 is 15.0 Å². The lowest BCUT2D eigenvalue weighted by Gasteiger charge is -2.33. The molecule has 1 heterocycles. The quantitative estimate of drug-likeness (QED) is 0.844. The number of halogens is 1. The molecule has 0 unspecified atom stereocenters. The Morgan fingerprint density at radius 3 is 2.58 bits per heavy atom. The van der Waals surface area contributed by atoms with Gasteiger partial charge in [0.1, 0.15) is 5.60 Å². The molecule has 1 atom stereocenters. The first-order valence-corrected chi connectivity index (χ1v) is 9.05. The van der Waals surface area contributed by atoms with Crippen molar-refractivity contribution in [2.24, 2.45) is 5.92 Å². The van der Waals surface area contributed by atoms with Crippen molar-refractivity contribution in [1.29, 1.82) is 0 Å². The maximum absolute atomic E-state index is 12.6. The Kier molecular flexibility index (Phi) is 6.27. The van der Waals surface area contributed by atoms with Crippen LogP contribution in [0.1, 0.15) is 44.0 Å². The van der Waals surface area contributed by atoms with Gasteiger partial charge in [-0.25, -0.2) is 4.79 Å². The van der Waals surface area contributed by atoms with E-state index in [0.717, 1.165) is 23.9 Å². The molecular formula is C18H25BrN2O3. The van der Waals surface area contributed by atoms with Gasteiger partial charge in [-0.05, 0) is 63.8 Å². The number of likely N-dealkylation sites (tertiary alicyclic amines) is 1. The average molecular weight is 397 g/mol. The van der Waals surface area contributed by atoms with Crippen molar-refractivity contribution in [2.45, 2.75) is 39.2 Å². The van der Waals surface area contributed by atoms with Crippen molar-refractivity contribution < 1.29 is 14.3 Å². The van der Waals surface area contributed by atoms with Gasteiger partial charge in [0.15, 0.2) is 0 Å². The number of amides is 2. The highest BCUT2D eigenvalue weighted by atomic mass is 79.9. The number of nitrogens with zero attached hydrogens (tertiary/aromatic N) is 1. The summed E-state index contributed by atoms with van der Waals surface area (Å²) in [5, 5.41) is 2.81. The van der Waals surface area contributed by atoms with Crippen molar-refractivity contribution in [3.8, 4) is 0 Å². The molecule has 0 spiro atoms. The van der Waals surface area contributed by atoms with E-state index >= 15 is 0 Å². The summed E-state index contributed by atoms with van der Waals surface area (Å²) < 4.78 is 6.20. The number of carbonyl (C=O) groups excluding carboxylic acids is 2. The maximum Gasteiger partial charge on any atom is 0.407 e. The molecule has 1 aromatic carbocycles. The predicted octanol–water partition coefficient (Wildman–Crippen LogP) is 3.83. The van der Waals surface area contributed by atoms with Crippen LogP contribution in [0.15, 0.2) is 28.7 Å². The van der Waals surface area contributed by atoms with E-state index in [4.69, 9.17) is 4.74 Å². The molecule has 1 fully saturated rings. The molecule has 132 valence electrons. The van der Waals surface area contributed by atoms with Crippen LogP contribution in [-0.2, 0) is 4.74 Å². The number of ether oxygens (including phenoxy) is 1. The van der Waals surface area contributed by atoms with Crippen LogP contribution >= 0.6 is 15.9 Å². The third-order valence-corrected chi connectivity index (χ3v) is 4.36. The third kappa shape index (κ3) is 5.82. The Bertz CT molecular complexity index is 581. The highest BCUT2D eigenvalue weighted by Crippen LogP contribution is 2.19. The first-order valence-electron chi connectivity index (χ1n) is 8.26. The molecule has 0 aliphatic carbocycles. The molecule has 1 aliphatic heterocycles. The summed E-state index contributed by atoms with van der Waals surface area (Å²) in [7, 11) is 0. The molecule has 1 aliphatic rings. The maximum atomic E-state index is 12.6. The summed E-state index contributed by atoms with van der Waals surface area (Å²) in [4.78, 5) is 26.2. The van der Waals surface area contributed by atoms with E-state index < -0.39 is 11.7 Å². The van der Waals surface area contributed by atoms with Crippen molar-refractivity contribution in [1.82, 2.24) is 10.2 Å². The minimum atomic E-state index is -0.500. The minimum Gasteiger partial charge on any atom is -0.444 e. The van der Waals surface area contributed by atoms with Crippen LogP contribution in [0.2, 0.25) is 0 Å². The average Bonchev–Trinajstić information content (AvgIpc) is 2.52. The van der Waals surface area contributed by atoms with Crippen LogP contribution in [0.25, 0.3) is 0 Å². The summed E-state index contributed by atoms with van der Waals surface area (Å²) in [6, 6.07) is 7.40. The molecule has 1 N–H and O–H groups in total. The highest BCUT2D eigenvalue weighted by Gasteiger charge is 2.25. The molecule has 2 amide bonds. The zero-order valence-corrected chi connectivity index (χ0v) is 16.1. The number of hydrogen-bond donors (Lipinski definition) is 1. The topological polar surface area (TPSA) is 58.6 Å². The summed E-state index contributed by atoms with van der Waals surface area (Å²) in [6.07, 6.45) is 1.54. The van der Waals surface area contributed by atoms with Crippen molar-refractivity contribution >= 4 is 27.9 Å². The number of hydrogen-bond acceptors (Lipinski definition) is 3. The molecular weight excluding hydrogens is 372 g/mol. The van der Waals surface area contributed by atoms with E-state index in [9.17, 15) is 9.59 Å². The molecule has 1 saturated heterocycles. The van der Waals surface area contributed by atoms with Crippen molar-refractivity contribution in [3.05, 3.63) is 34.3 Å². The molecule has 1 aromatic rings. The Morgan fingerprint density at radius 2 is 1.96 bits per heavy atom. The summed E-state index contributed by atoms with van der Waals surface area (Å²) in [6.45, 7) is 7.46. The molecule has 0 radical (unpaired) electrons. The van der Waals surface area contributed by atoms with Crippen LogP contribution in [0.4, 0.5) is 4.79 Å². The Balaban J connectivity index is 1.86. The van der Waals surface area contributed by atoms with Gasteiger partial charge in [-0.3, -0.25) is 4.79 Å². The smallest absolute Gasteiger partial charge is 0.407 e. The molecule has 24 heavy (non-hydrogen) atoms. The standard InChI is InChI=1S/C18H25BrN2O3/c1-18(2,3)24-17(23)20-11-13-5-4-10-21(12-13)16(22)14-6-8-15(19)9-7-14/h6-9,13H,4-5,10-12H2,1-3H3,(H,20,23)/t13-/m1/s1. The zero-order chi connectivity index (χ0) is 17.7. The first kappa shape index (κ1) is 18.8. The second-order valence-corrected chi connectivity index (χ2v) is 8.06. The molecule has 0 bridgehead atoms. The van der Waals surface area contributed by atoms with E-state index in [0.29, 0.717) is 18.7 Å². The van der Waals surface area contributed by atoms with Crippen molar-refractivity contribution in [2.75, 3.05) is 19.6 Å². The minimum absolute atomic E-state index is 0.0458. The largest absolute Gasteiger partial charge is 0.444 e. The van der Waals surface area contributed by atoms with Gasteiger partial charge in [0.25, 0.3) is 5.91 Å². The summed E-state index contributed by atoms with van der Waals surface area (Å²) in [5.74, 6) is 0.301. The van der Waals surface area contributed by atoms with Crippen LogP contribution in [0, 0.1) is 5.92 Å². The third-order valence-electron chi connectivity index (χ3n) is 3.83. The van der Waals surface area contributed by atoms with Gasteiger partial charge in [0.2, 0.25) is 0 Å². The fourth-order valence-electron chi connectivity index (χ4n) is 2.73. The van der Waals surface area contributed by atoms with Crippen LogP contribution < -0.4 is 5.32 Å². The second kappa shape index (κ2) is 8.01. The van der Waals surface area contributed by atoms with E-state index in [-0.39, 0.29) is 11.8 Å². The van der Waals surface area contributed by atoms with Crippen molar-refractivity contribution in [3.63, 3.8) is 0 Å². The van der Waals surface area contributed by atoms with E-state index in [1.54, 1.807) is 0 Å². The van der Waals surface area contributed by atoms with Gasteiger partial charge in [0.05, 0.1) is 0 Å². The van der Waals surface area contributed by atoms with Crippen LogP contribution in [0.5, 0.6) is 0 Å². The number of rotatable bonds is 3. The molecule has 2 rings (SSSR count). The monoisotopic (exact) mass is 396 g/mol. The lowest BCUT2D eigenvalue weighted by atomic mass is 9.97. The van der Waals surface area contributed by atoms with E-state index in [1.165, 1.54) is 0 Å². The normalized spacial score (nSPS) is 18.2.